The van der Waals surface area contributed by atoms with Gasteiger partial charge in [-0.25, -0.2) is 0 Å². The minimum Gasteiger partial charge on any atom is -0.351 e. The van der Waals surface area contributed by atoms with Gasteiger partial charge in [0.25, 0.3) is 5.91 Å². The molecule has 1 rings (SSSR count). The van der Waals surface area contributed by atoms with Gasteiger partial charge in [0.2, 0.25) is 0 Å². The minimum atomic E-state index is 0.0587. The zero-order chi connectivity index (χ0) is 12.1. The number of alkyl halides is 1. The summed E-state index contributed by atoms with van der Waals surface area (Å²) < 4.78 is 0. The van der Waals surface area contributed by atoms with Gasteiger partial charge in [-0.05, 0) is 38.3 Å². The maximum atomic E-state index is 11.7. The molecule has 0 saturated heterocycles. The SMILES string of the molecule is Cc1cc(C(=O)NCCCC(C)Br)sc1C. The van der Waals surface area contributed by atoms with Gasteiger partial charge in [0.15, 0.2) is 0 Å². The van der Waals surface area contributed by atoms with Crippen molar-refractivity contribution in [3.8, 4) is 0 Å². The molecule has 0 aliphatic rings. The molecule has 1 N–H and O–H groups in total. The van der Waals surface area contributed by atoms with E-state index in [1.165, 1.54) is 10.4 Å². The van der Waals surface area contributed by atoms with Crippen molar-refractivity contribution in [2.75, 3.05) is 6.54 Å². The van der Waals surface area contributed by atoms with E-state index in [4.69, 9.17) is 0 Å². The van der Waals surface area contributed by atoms with E-state index in [-0.39, 0.29) is 5.91 Å². The summed E-state index contributed by atoms with van der Waals surface area (Å²) in [6.45, 7) is 6.96. The van der Waals surface area contributed by atoms with Crippen LogP contribution < -0.4 is 5.32 Å². The van der Waals surface area contributed by atoms with Crippen LogP contribution in [0, 0.1) is 13.8 Å². The first-order valence-corrected chi connectivity index (χ1v) is 7.23. The van der Waals surface area contributed by atoms with Gasteiger partial charge in [-0.15, -0.1) is 11.3 Å². The van der Waals surface area contributed by atoms with Crippen LogP contribution in [0.25, 0.3) is 0 Å². The third-order valence-electron chi connectivity index (χ3n) is 2.45. The fraction of sp³-hybridized carbons (Fsp3) is 0.583. The highest BCUT2D eigenvalue weighted by molar-refractivity contribution is 9.09. The molecular weight excluding hydrogens is 286 g/mol. The second-order valence-electron chi connectivity index (χ2n) is 4.03. The van der Waals surface area contributed by atoms with Gasteiger partial charge >= 0.3 is 0 Å². The second kappa shape index (κ2) is 6.40. The van der Waals surface area contributed by atoms with Crippen LogP contribution in [0.2, 0.25) is 0 Å². The molecule has 1 atom stereocenters. The van der Waals surface area contributed by atoms with E-state index in [9.17, 15) is 4.79 Å². The van der Waals surface area contributed by atoms with E-state index in [1.807, 2.05) is 19.9 Å². The highest BCUT2D eigenvalue weighted by Gasteiger charge is 2.09. The summed E-state index contributed by atoms with van der Waals surface area (Å²) in [4.78, 5) is 14.3. The third kappa shape index (κ3) is 4.26. The van der Waals surface area contributed by atoms with Crippen molar-refractivity contribution < 1.29 is 4.79 Å². The van der Waals surface area contributed by atoms with Crippen molar-refractivity contribution >= 4 is 33.2 Å². The number of halogens is 1. The third-order valence-corrected chi connectivity index (χ3v) is 4.06. The zero-order valence-electron chi connectivity index (χ0n) is 9.97. The molecule has 0 bridgehead atoms. The number of nitrogens with one attached hydrogen (secondary N) is 1. The van der Waals surface area contributed by atoms with Crippen molar-refractivity contribution in [2.24, 2.45) is 0 Å². The number of rotatable bonds is 5. The molecule has 0 spiro atoms. The van der Waals surface area contributed by atoms with Gasteiger partial charge in [-0.1, -0.05) is 22.9 Å². The van der Waals surface area contributed by atoms with Gasteiger partial charge in [0.05, 0.1) is 4.88 Å². The van der Waals surface area contributed by atoms with Crippen LogP contribution in [-0.2, 0) is 0 Å². The predicted molar refractivity (Wildman–Crippen MR) is 73.7 cm³/mol. The molecule has 0 fully saturated rings. The van der Waals surface area contributed by atoms with E-state index < -0.39 is 0 Å². The average Bonchev–Trinajstić information content (AvgIpc) is 2.54. The van der Waals surface area contributed by atoms with Gasteiger partial charge in [0.1, 0.15) is 0 Å². The lowest BCUT2D eigenvalue weighted by atomic mass is 10.2. The maximum Gasteiger partial charge on any atom is 0.261 e. The van der Waals surface area contributed by atoms with Crippen LogP contribution in [0.15, 0.2) is 6.07 Å². The smallest absolute Gasteiger partial charge is 0.261 e. The molecule has 1 unspecified atom stereocenters. The molecule has 1 aromatic heterocycles. The number of hydrogen-bond acceptors (Lipinski definition) is 2. The molecule has 90 valence electrons. The van der Waals surface area contributed by atoms with E-state index in [0.29, 0.717) is 4.83 Å². The Hall–Kier alpha value is -0.350. The molecule has 0 aliphatic heterocycles. The normalized spacial score (nSPS) is 12.5. The Balaban J connectivity index is 2.35. The first kappa shape index (κ1) is 13.7. The number of amides is 1. The monoisotopic (exact) mass is 303 g/mol. The van der Waals surface area contributed by atoms with Crippen LogP contribution >= 0.6 is 27.3 Å². The Morgan fingerprint density at radius 3 is 2.75 bits per heavy atom. The maximum absolute atomic E-state index is 11.7. The summed E-state index contributed by atoms with van der Waals surface area (Å²) in [7, 11) is 0. The zero-order valence-corrected chi connectivity index (χ0v) is 12.4. The van der Waals surface area contributed by atoms with Gasteiger partial charge < -0.3 is 5.32 Å². The Kier molecular flexibility index (Phi) is 5.49. The molecule has 16 heavy (non-hydrogen) atoms. The lowest BCUT2D eigenvalue weighted by molar-refractivity contribution is 0.0957. The molecule has 2 nitrogen and oxygen atoms in total. The van der Waals surface area contributed by atoms with Gasteiger partial charge in [-0.2, -0.15) is 0 Å². The van der Waals surface area contributed by atoms with E-state index in [0.717, 1.165) is 24.3 Å². The summed E-state index contributed by atoms with van der Waals surface area (Å²) in [5.41, 5.74) is 1.20. The number of carbonyl (C=O) groups excluding carboxylic acids is 1. The van der Waals surface area contributed by atoms with Crippen LogP contribution in [0.1, 0.15) is 39.9 Å². The molecule has 1 amide bonds. The fourth-order valence-corrected chi connectivity index (χ4v) is 2.63. The summed E-state index contributed by atoms with van der Waals surface area (Å²) in [5, 5.41) is 2.95. The van der Waals surface area contributed by atoms with E-state index >= 15 is 0 Å². The summed E-state index contributed by atoms with van der Waals surface area (Å²) >= 11 is 5.05. The average molecular weight is 304 g/mol. The minimum absolute atomic E-state index is 0.0587. The second-order valence-corrected chi connectivity index (χ2v) is 6.85. The molecule has 0 aliphatic carbocycles. The summed E-state index contributed by atoms with van der Waals surface area (Å²) in [6.07, 6.45) is 2.10. The van der Waals surface area contributed by atoms with Crippen LogP contribution in [0.5, 0.6) is 0 Å². The number of thiophene rings is 1. The van der Waals surface area contributed by atoms with Gasteiger partial charge in [0, 0.05) is 16.2 Å². The van der Waals surface area contributed by atoms with Crippen molar-refractivity contribution in [3.05, 3.63) is 21.4 Å². The van der Waals surface area contributed by atoms with Gasteiger partial charge in [-0.3, -0.25) is 4.79 Å². The Bertz CT molecular complexity index is 340. The first-order valence-electron chi connectivity index (χ1n) is 5.50. The van der Waals surface area contributed by atoms with Crippen molar-refractivity contribution in [2.45, 2.75) is 38.4 Å². The van der Waals surface area contributed by atoms with Crippen LogP contribution in [0.3, 0.4) is 0 Å². The fourth-order valence-electron chi connectivity index (χ4n) is 1.36. The number of aryl methyl sites for hydroxylation is 2. The largest absolute Gasteiger partial charge is 0.351 e. The highest BCUT2D eigenvalue weighted by Crippen LogP contribution is 2.20. The molecule has 0 saturated carbocycles. The van der Waals surface area contributed by atoms with E-state index in [2.05, 4.69) is 28.2 Å². The molecule has 0 radical (unpaired) electrons. The standard InChI is InChI=1S/C12H18BrNOS/c1-8-7-11(16-10(8)3)12(15)14-6-4-5-9(2)13/h7,9H,4-6H2,1-3H3,(H,14,15). The predicted octanol–water partition coefficient (Wildman–Crippen LogP) is 3.66. The van der Waals surface area contributed by atoms with E-state index in [1.54, 1.807) is 11.3 Å². The molecule has 1 aromatic rings. The number of carbonyl (C=O) groups is 1. The lowest BCUT2D eigenvalue weighted by Crippen LogP contribution is -2.23. The highest BCUT2D eigenvalue weighted by atomic mass is 79.9. The topological polar surface area (TPSA) is 29.1 Å². The summed E-state index contributed by atoms with van der Waals surface area (Å²) in [5.74, 6) is 0.0587. The molecule has 4 heteroatoms. The Morgan fingerprint density at radius 1 is 1.56 bits per heavy atom. The Morgan fingerprint density at radius 2 is 2.25 bits per heavy atom. The lowest BCUT2D eigenvalue weighted by Gasteiger charge is -2.04. The molecular formula is C12H18BrNOS. The number of hydrogen-bond donors (Lipinski definition) is 1. The quantitative estimate of drug-likeness (QED) is 0.653. The Labute approximate surface area is 110 Å². The molecule has 1 heterocycles. The van der Waals surface area contributed by atoms with Crippen LogP contribution in [0.4, 0.5) is 0 Å². The van der Waals surface area contributed by atoms with Crippen molar-refractivity contribution in [1.29, 1.82) is 0 Å². The first-order chi connectivity index (χ1) is 7.50. The van der Waals surface area contributed by atoms with Crippen LogP contribution in [-0.4, -0.2) is 17.3 Å². The molecule has 0 aromatic carbocycles. The van der Waals surface area contributed by atoms with Crippen molar-refractivity contribution in [3.63, 3.8) is 0 Å². The summed E-state index contributed by atoms with van der Waals surface area (Å²) in [6, 6.07) is 1.96. The van der Waals surface area contributed by atoms with Crippen molar-refractivity contribution in [1.82, 2.24) is 5.32 Å².